The average Bonchev–Trinajstić information content (AvgIpc) is 3.15. The molecule has 0 amide bonds. The fourth-order valence-corrected chi connectivity index (χ4v) is 4.80. The summed E-state index contributed by atoms with van der Waals surface area (Å²) in [5.74, 6) is 0. The van der Waals surface area contributed by atoms with Crippen molar-refractivity contribution in [2.75, 3.05) is 0 Å². The van der Waals surface area contributed by atoms with E-state index in [-0.39, 0.29) is 5.41 Å². The Kier molecular flexibility index (Phi) is 4.12. The highest BCUT2D eigenvalue weighted by Crippen LogP contribution is 2.39. The molecule has 3 heterocycles. The zero-order chi connectivity index (χ0) is 22.9. The van der Waals surface area contributed by atoms with E-state index in [0.717, 1.165) is 44.2 Å². The zero-order valence-electron chi connectivity index (χ0n) is 19.5. The van der Waals surface area contributed by atoms with E-state index in [1.54, 1.807) is 6.33 Å². The number of nitrogens with zero attached hydrogens (tertiary/aromatic N) is 3. The first-order chi connectivity index (χ1) is 15.8. The summed E-state index contributed by atoms with van der Waals surface area (Å²) in [5, 5.41) is 5.48. The van der Waals surface area contributed by atoms with E-state index in [1.807, 2.05) is 13.0 Å². The van der Waals surface area contributed by atoms with Crippen LogP contribution in [0.4, 0.5) is 0 Å². The van der Waals surface area contributed by atoms with Crippen molar-refractivity contribution < 1.29 is 4.42 Å². The van der Waals surface area contributed by atoms with Gasteiger partial charge in [-0.05, 0) is 60.0 Å². The summed E-state index contributed by atoms with van der Waals surface area (Å²) in [6, 6.07) is 19.2. The molecule has 0 N–H and O–H groups in total. The number of benzene rings is 3. The highest BCUT2D eigenvalue weighted by atomic mass is 16.3. The van der Waals surface area contributed by atoms with Gasteiger partial charge in [0, 0.05) is 32.8 Å². The average molecular weight is 432 g/mol. The predicted octanol–water partition coefficient (Wildman–Crippen LogP) is 7.66. The fraction of sp³-hybridized carbons (Fsp3) is 0.207. The Labute approximate surface area is 192 Å². The van der Waals surface area contributed by atoms with E-state index in [9.17, 15) is 0 Å². The molecule has 4 nitrogen and oxygen atoms in total. The molecule has 6 aromatic rings. The van der Waals surface area contributed by atoms with Crippen LogP contribution in [0.1, 0.15) is 37.6 Å². The van der Waals surface area contributed by atoms with Crippen LogP contribution >= 0.6 is 0 Å². The van der Waals surface area contributed by atoms with Crippen molar-refractivity contribution in [3.05, 3.63) is 77.7 Å². The Hall–Kier alpha value is -3.79. The van der Waals surface area contributed by atoms with Gasteiger partial charge in [0.2, 0.25) is 5.71 Å². The third-order valence-electron chi connectivity index (χ3n) is 6.54. The smallest absolute Gasteiger partial charge is 0.227 e. The van der Waals surface area contributed by atoms with Gasteiger partial charge in [-0.1, -0.05) is 51.1 Å². The van der Waals surface area contributed by atoms with E-state index in [0.29, 0.717) is 5.71 Å². The lowest BCUT2D eigenvalue weighted by molar-refractivity contribution is 0.590. The van der Waals surface area contributed by atoms with Gasteiger partial charge in [0.15, 0.2) is 0 Å². The third kappa shape index (κ3) is 3.01. The second-order valence-electron chi connectivity index (χ2n) is 9.91. The Bertz CT molecular complexity index is 1720. The van der Waals surface area contributed by atoms with E-state index in [4.69, 9.17) is 14.4 Å². The second kappa shape index (κ2) is 6.85. The number of furan rings is 1. The van der Waals surface area contributed by atoms with Gasteiger partial charge < -0.3 is 4.42 Å². The summed E-state index contributed by atoms with van der Waals surface area (Å²) < 4.78 is 6.26. The van der Waals surface area contributed by atoms with Crippen molar-refractivity contribution in [2.45, 2.75) is 40.0 Å². The quantitative estimate of drug-likeness (QED) is 0.251. The number of aryl methyl sites for hydroxylation is 2. The van der Waals surface area contributed by atoms with Crippen molar-refractivity contribution >= 4 is 43.7 Å². The summed E-state index contributed by atoms with van der Waals surface area (Å²) >= 11 is 0. The van der Waals surface area contributed by atoms with Gasteiger partial charge in [-0.25, -0.2) is 15.0 Å². The van der Waals surface area contributed by atoms with Crippen LogP contribution in [0.15, 0.2) is 65.3 Å². The molecular weight excluding hydrogens is 406 g/mol. The van der Waals surface area contributed by atoms with Crippen LogP contribution in [0.5, 0.6) is 0 Å². The van der Waals surface area contributed by atoms with Gasteiger partial charge in [0.25, 0.3) is 0 Å². The molecule has 0 fully saturated rings. The maximum absolute atomic E-state index is 6.26. The van der Waals surface area contributed by atoms with Crippen molar-refractivity contribution in [2.24, 2.45) is 0 Å². The lowest BCUT2D eigenvalue weighted by Gasteiger charge is -2.21. The first-order valence-electron chi connectivity index (χ1n) is 11.3. The van der Waals surface area contributed by atoms with Crippen molar-refractivity contribution in [1.82, 2.24) is 15.0 Å². The summed E-state index contributed by atoms with van der Waals surface area (Å²) in [7, 11) is 0. The molecule has 3 aromatic heterocycles. The molecule has 0 saturated heterocycles. The molecule has 3 aromatic carbocycles. The molecule has 0 saturated carbocycles. The summed E-state index contributed by atoms with van der Waals surface area (Å²) in [4.78, 5) is 14.0. The van der Waals surface area contributed by atoms with Crippen LogP contribution in [0.25, 0.3) is 55.0 Å². The lowest BCUT2D eigenvalue weighted by Crippen LogP contribution is -2.11. The Morgan fingerprint density at radius 3 is 2.45 bits per heavy atom. The second-order valence-corrected chi connectivity index (χ2v) is 9.91. The molecule has 6 rings (SSSR count). The van der Waals surface area contributed by atoms with Gasteiger partial charge in [0.05, 0.1) is 11.2 Å². The minimum absolute atomic E-state index is 0.0913. The molecule has 162 valence electrons. The van der Waals surface area contributed by atoms with Gasteiger partial charge in [-0.15, -0.1) is 0 Å². The highest BCUT2D eigenvalue weighted by Gasteiger charge is 2.19. The number of hydrogen-bond donors (Lipinski definition) is 0. The van der Waals surface area contributed by atoms with Crippen LogP contribution in [0.3, 0.4) is 0 Å². The maximum Gasteiger partial charge on any atom is 0.227 e. The third-order valence-corrected chi connectivity index (χ3v) is 6.54. The number of para-hydroxylation sites is 1. The van der Waals surface area contributed by atoms with Crippen molar-refractivity contribution in [3.8, 4) is 11.3 Å². The molecule has 0 radical (unpaired) electrons. The first-order valence-corrected chi connectivity index (χ1v) is 11.3. The molecule has 33 heavy (non-hydrogen) atoms. The molecule has 0 spiro atoms. The molecule has 4 heteroatoms. The standard InChI is InChI=1S/C29H25N3O/c1-16-13-19(29(3,4)5)14-18-10-12-22-25(30-15-31-26(22)24(16)18)23-8-6-7-20-21-11-9-17(2)32-28(21)33-27(20)23/h6-15H,1-5H3. The molecule has 0 unspecified atom stereocenters. The molecular formula is C29H25N3O. The Balaban J connectivity index is 1.66. The maximum atomic E-state index is 6.26. The van der Waals surface area contributed by atoms with Gasteiger partial charge >= 0.3 is 0 Å². The first kappa shape index (κ1) is 19.9. The van der Waals surface area contributed by atoms with Gasteiger partial charge in [-0.2, -0.15) is 0 Å². The summed E-state index contributed by atoms with van der Waals surface area (Å²) in [6.45, 7) is 10.9. The summed E-state index contributed by atoms with van der Waals surface area (Å²) in [5.41, 5.74) is 7.86. The highest BCUT2D eigenvalue weighted by molar-refractivity contribution is 6.14. The van der Waals surface area contributed by atoms with Crippen LogP contribution in [-0.2, 0) is 5.41 Å². The van der Waals surface area contributed by atoms with Crippen LogP contribution < -0.4 is 0 Å². The molecule has 0 aliphatic carbocycles. The summed E-state index contributed by atoms with van der Waals surface area (Å²) in [6.07, 6.45) is 1.66. The normalized spacial score (nSPS) is 12.4. The van der Waals surface area contributed by atoms with Crippen LogP contribution in [0.2, 0.25) is 0 Å². The lowest BCUT2D eigenvalue weighted by atomic mass is 9.84. The number of rotatable bonds is 1. The molecule has 0 atom stereocenters. The van der Waals surface area contributed by atoms with E-state index < -0.39 is 0 Å². The fourth-order valence-electron chi connectivity index (χ4n) is 4.80. The number of pyridine rings is 1. The topological polar surface area (TPSA) is 51.8 Å². The van der Waals surface area contributed by atoms with Gasteiger partial charge in [0.1, 0.15) is 11.9 Å². The SMILES string of the molecule is Cc1ccc2c(n1)oc1c(-c3ncnc4c3ccc3cc(C(C)(C)C)cc(C)c34)cccc12. The Morgan fingerprint density at radius 1 is 0.818 bits per heavy atom. The van der Waals surface area contributed by atoms with Gasteiger partial charge in [-0.3, -0.25) is 0 Å². The number of hydrogen-bond acceptors (Lipinski definition) is 4. The largest absolute Gasteiger partial charge is 0.437 e. The van der Waals surface area contributed by atoms with Crippen LogP contribution in [0, 0.1) is 13.8 Å². The minimum Gasteiger partial charge on any atom is -0.437 e. The minimum atomic E-state index is 0.0913. The molecule has 0 aliphatic heterocycles. The monoisotopic (exact) mass is 431 g/mol. The van der Waals surface area contributed by atoms with Crippen molar-refractivity contribution in [3.63, 3.8) is 0 Å². The number of fused-ring (bicyclic) bond motifs is 6. The molecule has 0 bridgehead atoms. The van der Waals surface area contributed by atoms with E-state index in [1.165, 1.54) is 21.9 Å². The van der Waals surface area contributed by atoms with Crippen molar-refractivity contribution in [1.29, 1.82) is 0 Å². The molecule has 0 aliphatic rings. The number of aromatic nitrogens is 3. The predicted molar refractivity (Wildman–Crippen MR) is 136 cm³/mol. The van der Waals surface area contributed by atoms with E-state index in [2.05, 4.69) is 81.2 Å². The Morgan fingerprint density at radius 2 is 1.64 bits per heavy atom. The van der Waals surface area contributed by atoms with Crippen LogP contribution in [-0.4, -0.2) is 15.0 Å². The van der Waals surface area contributed by atoms with E-state index >= 15 is 0 Å². The zero-order valence-corrected chi connectivity index (χ0v) is 19.5.